The maximum atomic E-state index is 4.36. The number of hydrogen-bond acceptors (Lipinski definition) is 4. The van der Waals surface area contributed by atoms with Crippen LogP contribution in [0.25, 0.3) is 0 Å². The van der Waals surface area contributed by atoms with Gasteiger partial charge in [-0.05, 0) is 31.5 Å². The van der Waals surface area contributed by atoms with Gasteiger partial charge in [-0.1, -0.05) is 6.92 Å². The third-order valence-corrected chi connectivity index (χ3v) is 3.73. The second-order valence-corrected chi connectivity index (χ2v) is 5.17. The molecule has 90 valence electrons. The Bertz CT molecular complexity index is 479. The summed E-state index contributed by atoms with van der Waals surface area (Å²) >= 11 is 1.88. The first kappa shape index (κ1) is 12.2. The Morgan fingerprint density at radius 3 is 2.71 bits per heavy atom. The minimum Gasteiger partial charge on any atom is -0.306 e. The van der Waals surface area contributed by atoms with Crippen molar-refractivity contribution in [3.63, 3.8) is 0 Å². The van der Waals surface area contributed by atoms with Gasteiger partial charge < -0.3 is 5.32 Å². The third-order valence-electron chi connectivity index (χ3n) is 2.50. The number of nitrogens with one attached hydrogen (secondary N) is 1. The highest BCUT2D eigenvalue weighted by Gasteiger charge is 1.99. The molecule has 2 aromatic heterocycles. The zero-order chi connectivity index (χ0) is 12.1. The normalized spacial score (nSPS) is 10.7. The molecule has 17 heavy (non-hydrogen) atoms. The summed E-state index contributed by atoms with van der Waals surface area (Å²) in [7, 11) is 0. The van der Waals surface area contributed by atoms with Crippen molar-refractivity contribution in [1.29, 1.82) is 0 Å². The average molecular weight is 247 g/mol. The maximum Gasteiger partial charge on any atom is 0.125 e. The van der Waals surface area contributed by atoms with Gasteiger partial charge in [-0.2, -0.15) is 0 Å². The van der Waals surface area contributed by atoms with Crippen LogP contribution in [0.3, 0.4) is 0 Å². The molecule has 0 spiro atoms. The van der Waals surface area contributed by atoms with E-state index in [1.54, 1.807) is 6.20 Å². The summed E-state index contributed by atoms with van der Waals surface area (Å²) in [6.07, 6.45) is 2.93. The number of nitrogens with zero attached hydrogens (tertiary/aromatic N) is 2. The smallest absolute Gasteiger partial charge is 0.125 e. The molecule has 0 saturated carbocycles. The Kier molecular flexibility index (Phi) is 4.23. The molecule has 3 nitrogen and oxygen atoms in total. The standard InChI is InChI=1S/C13H17N3S/c1-3-12-4-5-13(17-12)9-14-8-11-6-7-15-10(2)16-11/h4-7,14H,3,8-9H2,1-2H3. The van der Waals surface area contributed by atoms with E-state index in [1.807, 2.05) is 24.3 Å². The monoisotopic (exact) mass is 247 g/mol. The van der Waals surface area contributed by atoms with Crippen molar-refractivity contribution in [2.24, 2.45) is 0 Å². The van der Waals surface area contributed by atoms with Crippen LogP contribution < -0.4 is 5.32 Å². The summed E-state index contributed by atoms with van der Waals surface area (Å²) < 4.78 is 0. The lowest BCUT2D eigenvalue weighted by Gasteiger charge is -2.02. The molecule has 0 aliphatic heterocycles. The lowest BCUT2D eigenvalue weighted by atomic mass is 10.3. The molecule has 2 aromatic rings. The summed E-state index contributed by atoms with van der Waals surface area (Å²) in [6, 6.07) is 6.35. The molecule has 0 saturated heterocycles. The Hall–Kier alpha value is -1.26. The van der Waals surface area contributed by atoms with E-state index in [1.165, 1.54) is 9.75 Å². The Morgan fingerprint density at radius 1 is 1.18 bits per heavy atom. The Morgan fingerprint density at radius 2 is 2.00 bits per heavy atom. The summed E-state index contributed by atoms with van der Waals surface area (Å²) in [4.78, 5) is 11.3. The summed E-state index contributed by atoms with van der Waals surface area (Å²) in [5.41, 5.74) is 1.05. The van der Waals surface area contributed by atoms with E-state index in [4.69, 9.17) is 0 Å². The fourth-order valence-electron chi connectivity index (χ4n) is 1.62. The number of rotatable bonds is 5. The van der Waals surface area contributed by atoms with Gasteiger partial charge in [-0.25, -0.2) is 9.97 Å². The van der Waals surface area contributed by atoms with E-state index in [0.717, 1.165) is 31.0 Å². The van der Waals surface area contributed by atoms with Crippen LogP contribution in [0.5, 0.6) is 0 Å². The van der Waals surface area contributed by atoms with Gasteiger partial charge in [0.1, 0.15) is 5.82 Å². The molecular formula is C13H17N3S. The fraction of sp³-hybridized carbons (Fsp3) is 0.385. The minimum atomic E-state index is 0.794. The van der Waals surface area contributed by atoms with Crippen molar-refractivity contribution in [3.05, 3.63) is 45.7 Å². The molecule has 0 amide bonds. The lowest BCUT2D eigenvalue weighted by Crippen LogP contribution is -2.13. The molecule has 0 aliphatic carbocycles. The van der Waals surface area contributed by atoms with Gasteiger partial charge in [0, 0.05) is 29.0 Å². The van der Waals surface area contributed by atoms with E-state index in [2.05, 4.69) is 34.3 Å². The quantitative estimate of drug-likeness (QED) is 0.882. The van der Waals surface area contributed by atoms with Gasteiger partial charge >= 0.3 is 0 Å². The van der Waals surface area contributed by atoms with Crippen LogP contribution in [0.2, 0.25) is 0 Å². The predicted octanol–water partition coefficient (Wildman–Crippen LogP) is 2.70. The second-order valence-electron chi connectivity index (χ2n) is 3.92. The number of aromatic nitrogens is 2. The lowest BCUT2D eigenvalue weighted by molar-refractivity contribution is 0.681. The molecule has 0 atom stereocenters. The molecule has 0 radical (unpaired) electrons. The van der Waals surface area contributed by atoms with E-state index >= 15 is 0 Å². The van der Waals surface area contributed by atoms with Gasteiger partial charge in [0.25, 0.3) is 0 Å². The zero-order valence-corrected chi connectivity index (χ0v) is 11.0. The number of aryl methyl sites for hydroxylation is 2. The first-order valence-corrected chi connectivity index (χ1v) is 6.66. The van der Waals surface area contributed by atoms with Gasteiger partial charge in [0.2, 0.25) is 0 Å². The molecule has 0 aromatic carbocycles. The zero-order valence-electron chi connectivity index (χ0n) is 10.2. The van der Waals surface area contributed by atoms with Gasteiger partial charge in [-0.15, -0.1) is 11.3 Å². The summed E-state index contributed by atoms with van der Waals surface area (Å²) in [5, 5.41) is 3.40. The van der Waals surface area contributed by atoms with Crippen LogP contribution in [0.4, 0.5) is 0 Å². The first-order chi connectivity index (χ1) is 8.28. The Balaban J connectivity index is 1.83. The van der Waals surface area contributed by atoms with Crippen LogP contribution in [-0.4, -0.2) is 9.97 Å². The topological polar surface area (TPSA) is 37.8 Å². The molecule has 4 heteroatoms. The van der Waals surface area contributed by atoms with Crippen molar-refractivity contribution >= 4 is 11.3 Å². The first-order valence-electron chi connectivity index (χ1n) is 5.84. The van der Waals surface area contributed by atoms with Gasteiger partial charge in [-0.3, -0.25) is 0 Å². The van der Waals surface area contributed by atoms with E-state index in [0.29, 0.717) is 0 Å². The number of hydrogen-bond donors (Lipinski definition) is 1. The Labute approximate surface area is 106 Å². The van der Waals surface area contributed by atoms with E-state index in [9.17, 15) is 0 Å². The van der Waals surface area contributed by atoms with Crippen molar-refractivity contribution in [2.75, 3.05) is 0 Å². The van der Waals surface area contributed by atoms with Crippen molar-refractivity contribution < 1.29 is 0 Å². The minimum absolute atomic E-state index is 0.794. The van der Waals surface area contributed by atoms with Crippen molar-refractivity contribution in [2.45, 2.75) is 33.4 Å². The SMILES string of the molecule is CCc1ccc(CNCc2ccnc(C)n2)s1. The second kappa shape index (κ2) is 5.89. The molecular weight excluding hydrogens is 230 g/mol. The molecule has 1 N–H and O–H groups in total. The van der Waals surface area contributed by atoms with Crippen LogP contribution >= 0.6 is 11.3 Å². The molecule has 0 fully saturated rings. The molecule has 0 aliphatic rings. The fourth-order valence-corrected chi connectivity index (χ4v) is 2.55. The van der Waals surface area contributed by atoms with Crippen LogP contribution in [-0.2, 0) is 19.5 Å². The van der Waals surface area contributed by atoms with E-state index in [-0.39, 0.29) is 0 Å². The molecule has 0 unspecified atom stereocenters. The highest BCUT2D eigenvalue weighted by molar-refractivity contribution is 7.11. The highest BCUT2D eigenvalue weighted by atomic mass is 32.1. The number of thiophene rings is 1. The largest absolute Gasteiger partial charge is 0.306 e. The van der Waals surface area contributed by atoms with Gasteiger partial charge in [0.15, 0.2) is 0 Å². The molecule has 2 heterocycles. The van der Waals surface area contributed by atoms with Crippen molar-refractivity contribution in [1.82, 2.24) is 15.3 Å². The van der Waals surface area contributed by atoms with Gasteiger partial charge in [0.05, 0.1) is 5.69 Å². The molecule has 0 bridgehead atoms. The highest BCUT2D eigenvalue weighted by Crippen LogP contribution is 2.16. The van der Waals surface area contributed by atoms with Crippen molar-refractivity contribution in [3.8, 4) is 0 Å². The predicted molar refractivity (Wildman–Crippen MR) is 71.0 cm³/mol. The van der Waals surface area contributed by atoms with E-state index < -0.39 is 0 Å². The summed E-state index contributed by atoms with van der Waals surface area (Å²) in [5.74, 6) is 0.827. The molecule has 2 rings (SSSR count). The maximum absolute atomic E-state index is 4.36. The van der Waals surface area contributed by atoms with Crippen LogP contribution in [0.1, 0.15) is 28.2 Å². The summed E-state index contributed by atoms with van der Waals surface area (Å²) in [6.45, 7) is 5.80. The average Bonchev–Trinajstić information content (AvgIpc) is 2.77. The third kappa shape index (κ3) is 3.61. The van der Waals surface area contributed by atoms with Crippen LogP contribution in [0.15, 0.2) is 24.4 Å². The van der Waals surface area contributed by atoms with Crippen LogP contribution in [0, 0.1) is 6.92 Å².